The first-order chi connectivity index (χ1) is 13.5. The van der Waals surface area contributed by atoms with Crippen LogP contribution in [0, 0.1) is 11.6 Å². The quantitative estimate of drug-likeness (QED) is 0.695. The second-order valence-corrected chi connectivity index (χ2v) is 6.03. The van der Waals surface area contributed by atoms with E-state index in [0.717, 1.165) is 23.1 Å². The zero-order valence-electron chi connectivity index (χ0n) is 14.2. The summed E-state index contributed by atoms with van der Waals surface area (Å²) in [5.74, 6) is -4.41. The molecule has 0 saturated carbocycles. The maximum Gasteiger partial charge on any atom is 0.294 e. The molecule has 4 rings (SSSR count). The largest absolute Gasteiger partial charge is 0.503 e. The van der Waals surface area contributed by atoms with Crippen molar-refractivity contribution in [2.24, 2.45) is 0 Å². The van der Waals surface area contributed by atoms with Gasteiger partial charge in [-0.3, -0.25) is 19.5 Å². The van der Waals surface area contributed by atoms with Gasteiger partial charge in [0.2, 0.25) is 5.78 Å². The summed E-state index contributed by atoms with van der Waals surface area (Å²) in [6.07, 6.45) is 4.12. The lowest BCUT2D eigenvalue weighted by molar-refractivity contribution is -0.117. The van der Waals surface area contributed by atoms with Gasteiger partial charge in [0.1, 0.15) is 11.6 Å². The van der Waals surface area contributed by atoms with E-state index in [1.807, 2.05) is 0 Å². The summed E-state index contributed by atoms with van der Waals surface area (Å²) in [6.45, 7) is 0. The SMILES string of the molecule is O=C(C1=C(O)C(=O)N(c2cc(F)ccc2F)C1c1cccnc1)c1ccco1. The lowest BCUT2D eigenvalue weighted by Gasteiger charge is -2.26. The van der Waals surface area contributed by atoms with E-state index >= 15 is 0 Å². The Morgan fingerprint density at radius 1 is 1.18 bits per heavy atom. The fourth-order valence-electron chi connectivity index (χ4n) is 3.15. The topological polar surface area (TPSA) is 83.6 Å². The minimum absolute atomic E-state index is 0.107. The average molecular weight is 382 g/mol. The number of aromatic nitrogens is 1. The van der Waals surface area contributed by atoms with Gasteiger partial charge in [0.15, 0.2) is 11.5 Å². The second kappa shape index (κ2) is 6.73. The Hall–Kier alpha value is -3.81. The van der Waals surface area contributed by atoms with E-state index in [0.29, 0.717) is 5.56 Å². The van der Waals surface area contributed by atoms with Crippen molar-refractivity contribution >= 4 is 17.4 Å². The molecule has 3 heterocycles. The first-order valence-corrected chi connectivity index (χ1v) is 8.19. The zero-order valence-corrected chi connectivity index (χ0v) is 14.2. The van der Waals surface area contributed by atoms with E-state index in [9.17, 15) is 23.5 Å². The van der Waals surface area contributed by atoms with Crippen LogP contribution in [0.1, 0.15) is 22.2 Å². The van der Waals surface area contributed by atoms with Crippen molar-refractivity contribution < 1.29 is 27.9 Å². The molecule has 3 aromatic rings. The molecule has 8 heteroatoms. The number of nitrogens with zero attached hydrogens (tertiary/aromatic N) is 2. The number of furan rings is 1. The van der Waals surface area contributed by atoms with Gasteiger partial charge in [0.05, 0.1) is 23.6 Å². The van der Waals surface area contributed by atoms with Crippen LogP contribution in [-0.4, -0.2) is 21.8 Å². The van der Waals surface area contributed by atoms with Crippen molar-refractivity contribution in [1.82, 2.24) is 4.98 Å². The monoisotopic (exact) mass is 382 g/mol. The molecule has 1 atom stereocenters. The number of hydrogen-bond donors (Lipinski definition) is 1. The van der Waals surface area contributed by atoms with Gasteiger partial charge in [-0.25, -0.2) is 8.78 Å². The molecule has 1 aromatic carbocycles. The van der Waals surface area contributed by atoms with E-state index in [1.54, 1.807) is 12.1 Å². The van der Waals surface area contributed by atoms with Crippen LogP contribution < -0.4 is 4.90 Å². The summed E-state index contributed by atoms with van der Waals surface area (Å²) < 4.78 is 33.3. The van der Waals surface area contributed by atoms with Gasteiger partial charge in [-0.2, -0.15) is 0 Å². The Kier molecular flexibility index (Phi) is 4.23. The van der Waals surface area contributed by atoms with Crippen LogP contribution in [0.5, 0.6) is 0 Å². The van der Waals surface area contributed by atoms with Crippen LogP contribution in [0.2, 0.25) is 0 Å². The number of hydrogen-bond acceptors (Lipinski definition) is 5. The van der Waals surface area contributed by atoms with Crippen molar-refractivity contribution in [3.05, 3.63) is 95.4 Å². The van der Waals surface area contributed by atoms with E-state index in [4.69, 9.17) is 4.42 Å². The van der Waals surface area contributed by atoms with Crippen LogP contribution in [0.3, 0.4) is 0 Å². The molecule has 0 bridgehead atoms. The van der Waals surface area contributed by atoms with Crippen molar-refractivity contribution in [2.45, 2.75) is 6.04 Å². The third-order valence-electron chi connectivity index (χ3n) is 4.37. The Morgan fingerprint density at radius 2 is 2.00 bits per heavy atom. The fourth-order valence-corrected chi connectivity index (χ4v) is 3.15. The number of ketones is 1. The van der Waals surface area contributed by atoms with Crippen LogP contribution in [0.15, 0.2) is 76.9 Å². The third-order valence-corrected chi connectivity index (χ3v) is 4.37. The first kappa shape index (κ1) is 17.6. The third kappa shape index (κ3) is 2.75. The van der Waals surface area contributed by atoms with Gasteiger partial charge in [0, 0.05) is 18.5 Å². The molecule has 1 amide bonds. The predicted molar refractivity (Wildman–Crippen MR) is 93.5 cm³/mol. The second-order valence-electron chi connectivity index (χ2n) is 6.03. The van der Waals surface area contributed by atoms with E-state index in [-0.39, 0.29) is 11.3 Å². The molecule has 0 fully saturated rings. The summed E-state index contributed by atoms with van der Waals surface area (Å²) >= 11 is 0. The molecule has 1 N–H and O–H groups in total. The number of anilines is 1. The predicted octanol–water partition coefficient (Wildman–Crippen LogP) is 3.74. The Bertz CT molecular complexity index is 1090. The highest BCUT2D eigenvalue weighted by Gasteiger charge is 2.46. The number of aliphatic hydroxyl groups is 1. The Balaban J connectivity index is 1.92. The van der Waals surface area contributed by atoms with Gasteiger partial charge in [-0.15, -0.1) is 0 Å². The summed E-state index contributed by atoms with van der Waals surface area (Å²) in [6, 6.07) is 7.35. The molecule has 6 nitrogen and oxygen atoms in total. The molecule has 0 aliphatic carbocycles. The Labute approximate surface area is 157 Å². The normalized spacial score (nSPS) is 16.7. The van der Waals surface area contributed by atoms with Crippen molar-refractivity contribution in [3.8, 4) is 0 Å². The van der Waals surface area contributed by atoms with Gasteiger partial charge in [-0.1, -0.05) is 6.07 Å². The van der Waals surface area contributed by atoms with Gasteiger partial charge in [-0.05, 0) is 35.9 Å². The summed E-state index contributed by atoms with van der Waals surface area (Å²) in [5, 5.41) is 10.4. The number of rotatable bonds is 4. The number of amides is 1. The number of benzene rings is 1. The molecule has 28 heavy (non-hydrogen) atoms. The summed E-state index contributed by atoms with van der Waals surface area (Å²) in [7, 11) is 0. The summed E-state index contributed by atoms with van der Waals surface area (Å²) in [4.78, 5) is 30.5. The van der Waals surface area contributed by atoms with E-state index < -0.39 is 40.8 Å². The number of carbonyl (C=O) groups is 2. The lowest BCUT2D eigenvalue weighted by Crippen LogP contribution is -2.32. The molecule has 2 aromatic heterocycles. The number of carbonyl (C=O) groups excluding carboxylic acids is 2. The molecular formula is C20H12F2N2O4. The number of Topliss-reactive ketones (excluding diaryl/α,β-unsaturated/α-hetero) is 1. The van der Waals surface area contributed by atoms with E-state index in [2.05, 4.69) is 4.98 Å². The van der Waals surface area contributed by atoms with Crippen LogP contribution in [0.25, 0.3) is 0 Å². The first-order valence-electron chi connectivity index (χ1n) is 8.19. The maximum atomic E-state index is 14.4. The minimum Gasteiger partial charge on any atom is -0.503 e. The van der Waals surface area contributed by atoms with Crippen LogP contribution >= 0.6 is 0 Å². The molecule has 0 spiro atoms. The highest BCUT2D eigenvalue weighted by molar-refractivity contribution is 6.20. The van der Waals surface area contributed by atoms with Gasteiger partial charge >= 0.3 is 0 Å². The highest BCUT2D eigenvalue weighted by Crippen LogP contribution is 2.42. The highest BCUT2D eigenvalue weighted by atomic mass is 19.1. The molecule has 140 valence electrons. The average Bonchev–Trinajstić information content (AvgIpc) is 3.32. The molecule has 1 aliphatic rings. The molecule has 1 aliphatic heterocycles. The molecule has 1 unspecified atom stereocenters. The Morgan fingerprint density at radius 3 is 2.68 bits per heavy atom. The van der Waals surface area contributed by atoms with Crippen LogP contribution in [0.4, 0.5) is 14.5 Å². The van der Waals surface area contributed by atoms with Crippen molar-refractivity contribution in [3.63, 3.8) is 0 Å². The van der Waals surface area contributed by atoms with Crippen molar-refractivity contribution in [2.75, 3.05) is 4.90 Å². The molecule has 0 radical (unpaired) electrons. The fraction of sp³-hybridized carbons (Fsp3) is 0.0500. The molecule has 0 saturated heterocycles. The zero-order chi connectivity index (χ0) is 19.8. The summed E-state index contributed by atoms with van der Waals surface area (Å²) in [5.41, 5.74) is -0.386. The number of aliphatic hydroxyl groups excluding tert-OH is 1. The van der Waals surface area contributed by atoms with Crippen molar-refractivity contribution in [1.29, 1.82) is 0 Å². The van der Waals surface area contributed by atoms with E-state index in [1.165, 1.54) is 30.8 Å². The van der Waals surface area contributed by atoms with Gasteiger partial charge in [0.25, 0.3) is 5.91 Å². The lowest BCUT2D eigenvalue weighted by atomic mass is 9.96. The maximum absolute atomic E-state index is 14.4. The smallest absolute Gasteiger partial charge is 0.294 e. The van der Waals surface area contributed by atoms with Crippen LogP contribution in [-0.2, 0) is 4.79 Å². The minimum atomic E-state index is -1.21. The molecular weight excluding hydrogens is 370 g/mol. The number of pyridine rings is 1. The standard InChI is InChI=1S/C20H12F2N2O4/c21-12-5-6-13(22)14(9-12)24-17(11-3-1-7-23-10-11)16(19(26)20(24)27)18(25)15-4-2-8-28-15/h1-10,17,26H. The number of halogens is 2. The van der Waals surface area contributed by atoms with Gasteiger partial charge < -0.3 is 9.52 Å².